The molecule has 0 saturated carbocycles. The SMILES string of the molecule is COc1cccc(-c2cc(-c3ccccc3)nc3sc(C(=O)c4c([O-])on[n+]4-c4ccc(OC(F)(F)F)cc4)c(N)c23)c1OC. The fourth-order valence-corrected chi connectivity index (χ4v) is 5.93. The number of nitrogens with two attached hydrogens (primary N) is 1. The maximum atomic E-state index is 14.0. The van der Waals surface area contributed by atoms with E-state index in [-0.39, 0.29) is 16.3 Å². The Morgan fingerprint density at radius 2 is 1.71 bits per heavy atom. The van der Waals surface area contributed by atoms with E-state index in [1.807, 2.05) is 42.5 Å². The van der Waals surface area contributed by atoms with Gasteiger partial charge in [0.05, 0.1) is 30.9 Å². The number of ketones is 1. The zero-order chi connectivity index (χ0) is 31.9. The summed E-state index contributed by atoms with van der Waals surface area (Å²) in [6, 6.07) is 21.0. The molecule has 0 radical (unpaired) electrons. The van der Waals surface area contributed by atoms with Crippen LogP contribution in [0.5, 0.6) is 23.2 Å². The van der Waals surface area contributed by atoms with Gasteiger partial charge in [-0.15, -0.1) is 24.5 Å². The van der Waals surface area contributed by atoms with Crippen molar-refractivity contribution in [3.05, 3.63) is 89.4 Å². The summed E-state index contributed by atoms with van der Waals surface area (Å²) in [5.41, 5.74) is 8.87. The van der Waals surface area contributed by atoms with Gasteiger partial charge in [0.2, 0.25) is 5.69 Å². The van der Waals surface area contributed by atoms with E-state index in [0.29, 0.717) is 38.5 Å². The molecule has 0 aliphatic carbocycles. The molecule has 3 heterocycles. The molecular weight excluding hydrogens is 613 g/mol. The van der Waals surface area contributed by atoms with Gasteiger partial charge >= 0.3 is 12.1 Å². The zero-order valence-electron chi connectivity index (χ0n) is 23.4. The van der Waals surface area contributed by atoms with Gasteiger partial charge in [-0.25, -0.2) is 4.98 Å². The van der Waals surface area contributed by atoms with Crippen LogP contribution >= 0.6 is 11.3 Å². The number of nitrogens with zero attached hydrogens (tertiary/aromatic N) is 3. The molecule has 6 aromatic rings. The molecule has 0 aliphatic heterocycles. The molecule has 0 bridgehead atoms. The van der Waals surface area contributed by atoms with Gasteiger partial charge in [-0.2, -0.15) is 0 Å². The number of pyridine rings is 1. The predicted octanol–water partition coefficient (Wildman–Crippen LogP) is 5.70. The number of fused-ring (bicyclic) bond motifs is 1. The van der Waals surface area contributed by atoms with E-state index < -0.39 is 29.5 Å². The van der Waals surface area contributed by atoms with Crippen molar-refractivity contribution in [1.82, 2.24) is 10.3 Å². The number of alkyl halides is 3. The summed E-state index contributed by atoms with van der Waals surface area (Å²) < 4.78 is 58.6. The number of hydrogen-bond acceptors (Lipinski definition) is 10. The lowest BCUT2D eigenvalue weighted by Gasteiger charge is -2.15. The van der Waals surface area contributed by atoms with Crippen LogP contribution < -0.4 is 29.7 Å². The maximum Gasteiger partial charge on any atom is 0.573 e. The van der Waals surface area contributed by atoms with Gasteiger partial charge in [0.1, 0.15) is 15.5 Å². The Morgan fingerprint density at radius 3 is 2.38 bits per heavy atom. The molecule has 0 atom stereocenters. The van der Waals surface area contributed by atoms with E-state index >= 15 is 0 Å². The first kappa shape index (κ1) is 29.4. The average molecular weight is 635 g/mol. The molecule has 10 nitrogen and oxygen atoms in total. The molecule has 3 aromatic heterocycles. The summed E-state index contributed by atoms with van der Waals surface area (Å²) in [4.78, 5) is 19.1. The van der Waals surface area contributed by atoms with Crippen molar-refractivity contribution in [3.63, 3.8) is 0 Å². The summed E-state index contributed by atoms with van der Waals surface area (Å²) in [5, 5.41) is 16.9. The van der Waals surface area contributed by atoms with E-state index in [2.05, 4.69) is 10.0 Å². The second-order valence-electron chi connectivity index (χ2n) is 9.48. The standard InChI is InChI=1S/C31H21F3N4O6S/c1-41-22-10-6-9-19(27(22)42-2)20-15-21(16-7-4-3-5-8-16)36-29-23(20)24(35)28(45-29)26(39)25-30(40)44-37-38(25)17-11-13-18(14-12-17)43-31(32,33)34/h3-15H,1-2H3,(H2-,35,37,39,40). The highest BCUT2D eigenvalue weighted by Crippen LogP contribution is 2.46. The summed E-state index contributed by atoms with van der Waals surface area (Å²) in [6.07, 6.45) is -4.90. The largest absolute Gasteiger partial charge is 0.573 e. The van der Waals surface area contributed by atoms with Crippen LogP contribution in [0.4, 0.5) is 18.9 Å². The van der Waals surface area contributed by atoms with Gasteiger partial charge in [-0.05, 0) is 28.9 Å². The second-order valence-corrected chi connectivity index (χ2v) is 10.5. The zero-order valence-corrected chi connectivity index (χ0v) is 24.2. The maximum absolute atomic E-state index is 14.0. The minimum absolute atomic E-state index is 0.0168. The fraction of sp³-hybridized carbons (Fsp3) is 0.0968. The Morgan fingerprint density at radius 1 is 0.978 bits per heavy atom. The predicted molar refractivity (Wildman–Crippen MR) is 156 cm³/mol. The molecule has 0 unspecified atom stereocenters. The van der Waals surface area contributed by atoms with Crippen LogP contribution in [0.3, 0.4) is 0 Å². The van der Waals surface area contributed by atoms with Gasteiger partial charge in [-0.3, -0.25) is 4.79 Å². The third kappa shape index (κ3) is 5.47. The van der Waals surface area contributed by atoms with Crippen molar-refractivity contribution < 1.29 is 46.5 Å². The van der Waals surface area contributed by atoms with E-state index in [4.69, 9.17) is 24.7 Å². The molecule has 45 heavy (non-hydrogen) atoms. The van der Waals surface area contributed by atoms with Gasteiger partial charge in [0.25, 0.3) is 5.78 Å². The highest BCUT2D eigenvalue weighted by atomic mass is 32.1. The number of aromatic nitrogens is 3. The van der Waals surface area contributed by atoms with Gasteiger partial charge in [0.15, 0.2) is 17.4 Å². The second kappa shape index (κ2) is 11.5. The van der Waals surface area contributed by atoms with Crippen molar-refractivity contribution in [3.8, 4) is 51.3 Å². The van der Waals surface area contributed by atoms with Gasteiger partial charge in [0, 0.05) is 34.2 Å². The van der Waals surface area contributed by atoms with Crippen LogP contribution in [0.2, 0.25) is 0 Å². The van der Waals surface area contributed by atoms with Crippen LogP contribution in [0.1, 0.15) is 15.4 Å². The summed E-state index contributed by atoms with van der Waals surface area (Å²) >= 11 is 0.968. The average Bonchev–Trinajstić information content (AvgIpc) is 3.59. The van der Waals surface area contributed by atoms with Crippen molar-refractivity contribution in [2.75, 3.05) is 20.0 Å². The molecule has 0 aliphatic rings. The van der Waals surface area contributed by atoms with Crippen molar-refractivity contribution in [2.45, 2.75) is 6.36 Å². The number of carbonyl (C=O) groups excluding carboxylic acids is 1. The Kier molecular flexibility index (Phi) is 7.50. The molecule has 14 heteroatoms. The Hall–Kier alpha value is -5.63. The Balaban J connectivity index is 1.52. The first-order valence-corrected chi connectivity index (χ1v) is 13.9. The number of benzene rings is 3. The van der Waals surface area contributed by atoms with E-state index in [1.165, 1.54) is 26.4 Å². The lowest BCUT2D eigenvalue weighted by atomic mass is 9.98. The summed E-state index contributed by atoms with van der Waals surface area (Å²) in [5.74, 6) is -1.48. The van der Waals surface area contributed by atoms with Gasteiger partial charge in [-0.1, -0.05) is 42.5 Å². The number of methoxy groups -OCH3 is 2. The topological polar surface area (TPSA) is 137 Å². The minimum Gasteiger partial charge on any atom is -0.539 e. The molecule has 0 saturated heterocycles. The number of para-hydroxylation sites is 1. The molecule has 3 aromatic carbocycles. The first-order valence-electron chi connectivity index (χ1n) is 13.1. The highest BCUT2D eigenvalue weighted by molar-refractivity contribution is 7.21. The van der Waals surface area contributed by atoms with Crippen LogP contribution in [0, 0.1) is 0 Å². The lowest BCUT2D eigenvalue weighted by molar-refractivity contribution is -0.672. The smallest absolute Gasteiger partial charge is 0.539 e. The molecule has 0 spiro atoms. The third-order valence-corrected chi connectivity index (χ3v) is 7.91. The number of halogens is 3. The van der Waals surface area contributed by atoms with Crippen molar-refractivity contribution in [2.24, 2.45) is 0 Å². The van der Waals surface area contributed by atoms with Gasteiger partial charge < -0.3 is 29.6 Å². The quantitative estimate of drug-likeness (QED) is 0.165. The van der Waals surface area contributed by atoms with E-state index in [1.54, 1.807) is 12.1 Å². The molecule has 0 fully saturated rings. The van der Waals surface area contributed by atoms with Crippen molar-refractivity contribution in [1.29, 1.82) is 0 Å². The fourth-order valence-electron chi connectivity index (χ4n) is 4.87. The highest BCUT2D eigenvalue weighted by Gasteiger charge is 2.34. The van der Waals surface area contributed by atoms with Crippen LogP contribution in [0.25, 0.3) is 38.3 Å². The molecule has 0 amide bonds. The number of ether oxygens (including phenoxy) is 3. The van der Waals surface area contributed by atoms with Crippen LogP contribution in [-0.4, -0.2) is 36.6 Å². The lowest BCUT2D eigenvalue weighted by Crippen LogP contribution is -2.39. The number of rotatable bonds is 8. The molecule has 2 N–H and O–H groups in total. The number of carbonyl (C=O) groups is 1. The Bertz CT molecular complexity index is 2040. The monoisotopic (exact) mass is 634 g/mol. The number of hydrogen-bond donors (Lipinski definition) is 1. The summed E-state index contributed by atoms with van der Waals surface area (Å²) in [7, 11) is 3.02. The normalized spacial score (nSPS) is 11.5. The molecular formula is C31H21F3N4O6S. The van der Waals surface area contributed by atoms with E-state index in [0.717, 1.165) is 33.7 Å². The van der Waals surface area contributed by atoms with Crippen LogP contribution in [0.15, 0.2) is 83.4 Å². The van der Waals surface area contributed by atoms with E-state index in [9.17, 15) is 23.1 Å². The number of nitrogen functional groups attached to an aromatic ring is 1. The molecule has 228 valence electrons. The number of thiophene rings is 1. The number of anilines is 1. The third-order valence-electron chi connectivity index (χ3n) is 6.81. The van der Waals surface area contributed by atoms with Crippen LogP contribution in [-0.2, 0) is 0 Å². The molecule has 6 rings (SSSR count). The Labute approximate surface area is 256 Å². The first-order chi connectivity index (χ1) is 21.6. The van der Waals surface area contributed by atoms with Crippen molar-refractivity contribution >= 4 is 33.0 Å². The minimum atomic E-state index is -4.90. The summed E-state index contributed by atoms with van der Waals surface area (Å²) in [6.45, 7) is 0.